The average Bonchev–Trinajstić information content (AvgIpc) is 3.08. The van der Waals surface area contributed by atoms with Crippen molar-refractivity contribution in [3.05, 3.63) is 65.2 Å². The number of rotatable bonds is 7. The monoisotopic (exact) mass is 406 g/mol. The maximum Gasteiger partial charge on any atom is 0.254 e. The van der Waals surface area contributed by atoms with Gasteiger partial charge in [0.05, 0.1) is 7.11 Å². The zero-order valence-corrected chi connectivity index (χ0v) is 17.7. The van der Waals surface area contributed by atoms with Gasteiger partial charge in [0.15, 0.2) is 0 Å². The number of hydrogen-bond acceptors (Lipinski definition) is 3. The lowest BCUT2D eigenvalue weighted by molar-refractivity contribution is -0.124. The Bertz CT molecular complexity index is 918. The predicted molar refractivity (Wildman–Crippen MR) is 116 cm³/mol. The molecule has 158 valence electrons. The summed E-state index contributed by atoms with van der Waals surface area (Å²) >= 11 is 0. The average molecular weight is 407 g/mol. The lowest BCUT2D eigenvalue weighted by Gasteiger charge is -2.39. The van der Waals surface area contributed by atoms with Crippen LogP contribution in [-0.4, -0.2) is 30.4 Å². The fourth-order valence-corrected chi connectivity index (χ4v) is 4.99. The molecule has 1 fully saturated rings. The number of fused-ring (bicyclic) bond motifs is 1. The number of hydrogen-bond donors (Lipinski definition) is 1. The van der Waals surface area contributed by atoms with E-state index >= 15 is 0 Å². The molecule has 1 saturated carbocycles. The van der Waals surface area contributed by atoms with Crippen LogP contribution >= 0.6 is 0 Å². The number of nitrogens with zero attached hydrogens (tertiary/aromatic N) is 1. The first-order chi connectivity index (χ1) is 14.6. The molecule has 1 aliphatic carbocycles. The van der Waals surface area contributed by atoms with Crippen LogP contribution in [0.25, 0.3) is 0 Å². The summed E-state index contributed by atoms with van der Waals surface area (Å²) in [7, 11) is 1.64. The Kier molecular flexibility index (Phi) is 6.07. The SMILES string of the molecule is COc1ccccc1CNC(=O)CC1(CN2Cc3ccccc3C2=O)CCCCC1. The summed E-state index contributed by atoms with van der Waals surface area (Å²) in [6, 6.07) is 15.6. The van der Waals surface area contributed by atoms with Crippen molar-refractivity contribution in [1.29, 1.82) is 0 Å². The fourth-order valence-electron chi connectivity index (χ4n) is 4.99. The summed E-state index contributed by atoms with van der Waals surface area (Å²) < 4.78 is 5.38. The van der Waals surface area contributed by atoms with Crippen molar-refractivity contribution in [3.63, 3.8) is 0 Å². The van der Waals surface area contributed by atoms with Gasteiger partial charge in [-0.3, -0.25) is 9.59 Å². The van der Waals surface area contributed by atoms with Crippen LogP contribution in [0.5, 0.6) is 5.75 Å². The molecule has 5 nitrogen and oxygen atoms in total. The highest BCUT2D eigenvalue weighted by atomic mass is 16.5. The third-order valence-electron chi connectivity index (χ3n) is 6.54. The Morgan fingerprint density at radius 1 is 1.07 bits per heavy atom. The first-order valence-electron chi connectivity index (χ1n) is 10.9. The van der Waals surface area contributed by atoms with E-state index in [0.29, 0.717) is 26.1 Å². The van der Waals surface area contributed by atoms with Crippen molar-refractivity contribution >= 4 is 11.8 Å². The Labute approximate surface area is 178 Å². The number of carbonyl (C=O) groups excluding carboxylic acids is 2. The molecule has 2 aromatic rings. The minimum Gasteiger partial charge on any atom is -0.496 e. The molecule has 2 aliphatic rings. The van der Waals surface area contributed by atoms with E-state index < -0.39 is 0 Å². The van der Waals surface area contributed by atoms with Gasteiger partial charge in [-0.1, -0.05) is 55.7 Å². The number of benzene rings is 2. The molecule has 0 saturated heterocycles. The van der Waals surface area contributed by atoms with Crippen molar-refractivity contribution in [1.82, 2.24) is 10.2 Å². The van der Waals surface area contributed by atoms with Gasteiger partial charge < -0.3 is 15.0 Å². The van der Waals surface area contributed by atoms with Crippen LogP contribution < -0.4 is 10.1 Å². The Balaban J connectivity index is 1.42. The van der Waals surface area contributed by atoms with Crippen LogP contribution in [0.15, 0.2) is 48.5 Å². The number of nitrogens with one attached hydrogen (secondary N) is 1. The van der Waals surface area contributed by atoms with Gasteiger partial charge in [-0.25, -0.2) is 0 Å². The van der Waals surface area contributed by atoms with Gasteiger partial charge in [0.1, 0.15) is 5.75 Å². The van der Waals surface area contributed by atoms with E-state index in [0.717, 1.165) is 48.1 Å². The van der Waals surface area contributed by atoms with Crippen molar-refractivity contribution < 1.29 is 14.3 Å². The second kappa shape index (κ2) is 8.90. The van der Waals surface area contributed by atoms with E-state index in [1.807, 2.05) is 53.4 Å². The molecule has 0 radical (unpaired) electrons. The molecule has 0 atom stereocenters. The molecule has 1 heterocycles. The lowest BCUT2D eigenvalue weighted by Crippen LogP contribution is -2.42. The van der Waals surface area contributed by atoms with Crippen LogP contribution in [0.2, 0.25) is 0 Å². The molecule has 2 aromatic carbocycles. The summed E-state index contributed by atoms with van der Waals surface area (Å²) in [5, 5.41) is 3.08. The van der Waals surface area contributed by atoms with E-state index in [1.54, 1.807) is 7.11 Å². The normalized spacial score (nSPS) is 17.5. The number of amides is 2. The summed E-state index contributed by atoms with van der Waals surface area (Å²) in [5.74, 6) is 0.933. The fraction of sp³-hybridized carbons (Fsp3) is 0.440. The van der Waals surface area contributed by atoms with Gasteiger partial charge in [0, 0.05) is 37.2 Å². The Morgan fingerprint density at radius 2 is 1.80 bits per heavy atom. The van der Waals surface area contributed by atoms with E-state index in [9.17, 15) is 9.59 Å². The molecule has 0 aromatic heterocycles. The second-order valence-corrected chi connectivity index (χ2v) is 8.64. The largest absolute Gasteiger partial charge is 0.496 e. The zero-order chi connectivity index (χ0) is 21.0. The van der Waals surface area contributed by atoms with E-state index in [-0.39, 0.29) is 17.2 Å². The van der Waals surface area contributed by atoms with Crippen LogP contribution in [0, 0.1) is 5.41 Å². The smallest absolute Gasteiger partial charge is 0.254 e. The van der Waals surface area contributed by atoms with Crippen molar-refractivity contribution in [2.75, 3.05) is 13.7 Å². The van der Waals surface area contributed by atoms with Gasteiger partial charge >= 0.3 is 0 Å². The Hall–Kier alpha value is -2.82. The first-order valence-corrected chi connectivity index (χ1v) is 10.9. The molecule has 0 spiro atoms. The second-order valence-electron chi connectivity index (χ2n) is 8.64. The van der Waals surface area contributed by atoms with E-state index in [2.05, 4.69) is 5.32 Å². The van der Waals surface area contributed by atoms with Crippen LogP contribution in [0.4, 0.5) is 0 Å². The molecule has 30 heavy (non-hydrogen) atoms. The molecule has 5 heteroatoms. The molecule has 1 N–H and O–H groups in total. The number of para-hydroxylation sites is 1. The highest BCUT2D eigenvalue weighted by Crippen LogP contribution is 2.41. The number of ether oxygens (including phenoxy) is 1. The quantitative estimate of drug-likeness (QED) is 0.745. The van der Waals surface area contributed by atoms with Gasteiger partial charge in [-0.15, -0.1) is 0 Å². The van der Waals surface area contributed by atoms with Crippen molar-refractivity contribution in [2.45, 2.75) is 51.6 Å². The summed E-state index contributed by atoms with van der Waals surface area (Å²) in [5.41, 5.74) is 2.73. The maximum absolute atomic E-state index is 12.9. The maximum atomic E-state index is 12.9. The van der Waals surface area contributed by atoms with Crippen LogP contribution in [0.3, 0.4) is 0 Å². The third kappa shape index (κ3) is 4.35. The van der Waals surface area contributed by atoms with E-state index in [1.165, 1.54) is 6.42 Å². The van der Waals surface area contributed by atoms with Crippen LogP contribution in [-0.2, 0) is 17.9 Å². The molecular weight excluding hydrogens is 376 g/mol. The summed E-state index contributed by atoms with van der Waals surface area (Å²) in [4.78, 5) is 27.7. The molecule has 4 rings (SSSR count). The molecular formula is C25H30N2O3. The molecule has 0 bridgehead atoms. The molecule has 0 unspecified atom stereocenters. The third-order valence-corrected chi connectivity index (χ3v) is 6.54. The number of methoxy groups -OCH3 is 1. The topological polar surface area (TPSA) is 58.6 Å². The van der Waals surface area contributed by atoms with Gasteiger partial charge in [-0.05, 0) is 36.0 Å². The highest BCUT2D eigenvalue weighted by molar-refractivity contribution is 5.98. The molecule has 2 amide bonds. The van der Waals surface area contributed by atoms with Gasteiger partial charge in [-0.2, -0.15) is 0 Å². The zero-order valence-electron chi connectivity index (χ0n) is 17.7. The lowest BCUT2D eigenvalue weighted by atomic mass is 9.71. The highest BCUT2D eigenvalue weighted by Gasteiger charge is 2.39. The Morgan fingerprint density at radius 3 is 2.57 bits per heavy atom. The van der Waals surface area contributed by atoms with Crippen LogP contribution in [0.1, 0.15) is 60.0 Å². The van der Waals surface area contributed by atoms with E-state index in [4.69, 9.17) is 4.74 Å². The number of carbonyl (C=O) groups is 2. The van der Waals surface area contributed by atoms with Gasteiger partial charge in [0.25, 0.3) is 5.91 Å². The van der Waals surface area contributed by atoms with Crippen molar-refractivity contribution in [3.8, 4) is 5.75 Å². The van der Waals surface area contributed by atoms with Crippen molar-refractivity contribution in [2.24, 2.45) is 5.41 Å². The molecule has 1 aliphatic heterocycles. The standard InChI is InChI=1S/C25H30N2O3/c1-30-22-12-6-4-9-19(22)16-26-23(28)15-25(13-7-2-8-14-25)18-27-17-20-10-3-5-11-21(20)24(27)29/h3-6,9-12H,2,7-8,13-18H2,1H3,(H,26,28). The summed E-state index contributed by atoms with van der Waals surface area (Å²) in [6.07, 6.45) is 5.90. The predicted octanol–water partition coefficient (Wildman–Crippen LogP) is 4.31. The van der Waals surface area contributed by atoms with Gasteiger partial charge in [0.2, 0.25) is 5.91 Å². The first kappa shape index (κ1) is 20.5. The minimum atomic E-state index is -0.138. The minimum absolute atomic E-state index is 0.0481. The summed E-state index contributed by atoms with van der Waals surface area (Å²) in [6.45, 7) is 1.76.